The lowest BCUT2D eigenvalue weighted by Gasteiger charge is -1.93. The van der Waals surface area contributed by atoms with Crippen molar-refractivity contribution < 1.29 is 0 Å². The van der Waals surface area contributed by atoms with Gasteiger partial charge in [-0.3, -0.25) is 0 Å². The Kier molecular flexibility index (Phi) is 9.14. The zero-order valence-corrected chi connectivity index (χ0v) is 24.4. The molecule has 0 atom stereocenters. The van der Waals surface area contributed by atoms with Crippen LogP contribution in [0.1, 0.15) is 57.6 Å². The maximum Gasteiger partial charge on any atom is 0.536 e. The third-order valence-electron chi connectivity index (χ3n) is 6.09. The molecule has 4 rings (SSSR count). The van der Waals surface area contributed by atoms with Crippen molar-refractivity contribution in [3.05, 3.63) is 107 Å². The average molecular weight is 558 g/mol. The maximum absolute atomic E-state index is 9.41. The first-order valence-corrected chi connectivity index (χ1v) is 15.6. The Hall–Kier alpha value is -2.99. The first-order chi connectivity index (χ1) is 18.0. The SMILES string of the molecule is [C-]#[N+]C([N+]#[C-])=c1cc(CCCC)/c(=c2/cc/c(=c3/cc/c(=c4\s/c(=C(/C)C#N)cc4CCCC)s3)s2)s1. The zero-order chi connectivity index (χ0) is 26.4. The van der Waals surface area contributed by atoms with Gasteiger partial charge in [-0.25, -0.2) is 0 Å². The lowest BCUT2D eigenvalue weighted by atomic mass is 10.1. The van der Waals surface area contributed by atoms with E-state index in [1.165, 1.54) is 38.3 Å². The number of hydrogen-bond acceptors (Lipinski definition) is 5. The van der Waals surface area contributed by atoms with Crippen LogP contribution >= 0.6 is 45.3 Å². The fraction of sp³-hybridized carbons (Fsp3) is 0.300. The summed E-state index contributed by atoms with van der Waals surface area (Å²) >= 11 is 6.89. The molecule has 4 aromatic heterocycles. The summed E-state index contributed by atoms with van der Waals surface area (Å²) in [6, 6.07) is 15.4. The molecule has 0 aliphatic heterocycles. The van der Waals surface area contributed by atoms with Gasteiger partial charge in [-0.05, 0) is 80.1 Å². The van der Waals surface area contributed by atoms with Crippen LogP contribution in [0.4, 0.5) is 0 Å². The summed E-state index contributed by atoms with van der Waals surface area (Å²) in [7, 11) is 0. The second-order valence-corrected chi connectivity index (χ2v) is 13.0. The Morgan fingerprint density at radius 1 is 0.757 bits per heavy atom. The van der Waals surface area contributed by atoms with Gasteiger partial charge in [0.2, 0.25) is 0 Å². The van der Waals surface area contributed by atoms with Gasteiger partial charge in [-0.1, -0.05) is 26.7 Å². The topological polar surface area (TPSA) is 32.5 Å². The highest BCUT2D eigenvalue weighted by molar-refractivity contribution is 7.14. The molecule has 186 valence electrons. The van der Waals surface area contributed by atoms with E-state index in [9.17, 15) is 5.26 Å². The van der Waals surface area contributed by atoms with E-state index in [0.29, 0.717) is 0 Å². The molecule has 3 nitrogen and oxygen atoms in total. The minimum absolute atomic E-state index is 0.159. The highest BCUT2D eigenvalue weighted by Crippen LogP contribution is 2.21. The van der Waals surface area contributed by atoms with Gasteiger partial charge >= 0.3 is 5.82 Å². The first kappa shape index (κ1) is 27.1. The Bertz CT molecular complexity index is 1950. The van der Waals surface area contributed by atoms with Crippen molar-refractivity contribution in [2.24, 2.45) is 0 Å². The van der Waals surface area contributed by atoms with Crippen LogP contribution in [0.3, 0.4) is 0 Å². The van der Waals surface area contributed by atoms with Gasteiger partial charge in [0, 0.05) is 37.3 Å². The summed E-state index contributed by atoms with van der Waals surface area (Å²) in [4.78, 5) is 6.89. The minimum Gasteiger partial charge on any atom is -0.193 e. The number of hydrogen-bond donors (Lipinski definition) is 0. The van der Waals surface area contributed by atoms with E-state index in [1.807, 2.05) is 18.3 Å². The molecular formula is C30H27N3S4. The number of nitrogens with zero attached hydrogens (tertiary/aromatic N) is 3. The molecule has 0 unspecified atom stereocenters. The smallest absolute Gasteiger partial charge is 0.193 e. The summed E-state index contributed by atoms with van der Waals surface area (Å²) in [5, 5.41) is 9.41. The van der Waals surface area contributed by atoms with Gasteiger partial charge < -0.3 is 0 Å². The van der Waals surface area contributed by atoms with Crippen molar-refractivity contribution in [1.29, 1.82) is 5.26 Å². The first-order valence-electron chi connectivity index (χ1n) is 12.3. The fourth-order valence-corrected chi connectivity index (χ4v) is 8.75. The molecular weight excluding hydrogens is 531 g/mol. The Morgan fingerprint density at radius 2 is 1.22 bits per heavy atom. The van der Waals surface area contributed by atoms with Crippen molar-refractivity contribution in [2.45, 2.75) is 59.3 Å². The quantitative estimate of drug-likeness (QED) is 0.221. The molecule has 0 bridgehead atoms. The summed E-state index contributed by atoms with van der Waals surface area (Å²) in [6.07, 6.45) is 6.48. The van der Waals surface area contributed by atoms with Gasteiger partial charge in [-0.15, -0.1) is 45.3 Å². The molecule has 0 aromatic carbocycles. The monoisotopic (exact) mass is 557 g/mol. The number of unbranched alkanes of at least 4 members (excludes halogenated alkanes) is 2. The molecule has 0 fully saturated rings. The van der Waals surface area contributed by atoms with Crippen LogP contribution in [0, 0.1) is 51.7 Å². The summed E-state index contributed by atoms with van der Waals surface area (Å²) in [5.74, 6) is 0.159. The van der Waals surface area contributed by atoms with Gasteiger partial charge in [0.15, 0.2) is 0 Å². The van der Waals surface area contributed by atoms with E-state index in [0.717, 1.165) is 53.2 Å². The van der Waals surface area contributed by atoms with Crippen molar-refractivity contribution in [3.63, 3.8) is 0 Å². The highest BCUT2D eigenvalue weighted by Gasteiger charge is 2.10. The second-order valence-electron chi connectivity index (χ2n) is 8.75. The molecule has 4 aromatic rings. The predicted octanol–water partition coefficient (Wildman–Crippen LogP) is 8.08. The molecule has 0 N–H and O–H groups in total. The van der Waals surface area contributed by atoms with E-state index in [4.69, 9.17) is 13.1 Å². The Balaban J connectivity index is 2.00. The molecule has 0 aliphatic rings. The molecule has 0 radical (unpaired) electrons. The van der Waals surface area contributed by atoms with Gasteiger partial charge in [0.25, 0.3) is 0 Å². The Labute approximate surface area is 232 Å². The molecule has 0 spiro atoms. The summed E-state index contributed by atoms with van der Waals surface area (Å²) in [5.41, 5.74) is 3.36. The highest BCUT2D eigenvalue weighted by atomic mass is 32.1. The van der Waals surface area contributed by atoms with E-state index >= 15 is 0 Å². The van der Waals surface area contributed by atoms with E-state index < -0.39 is 0 Å². The average Bonchev–Trinajstić information content (AvgIpc) is 3.71. The van der Waals surface area contributed by atoms with Gasteiger partial charge in [-0.2, -0.15) is 15.0 Å². The summed E-state index contributed by atoms with van der Waals surface area (Å²) < 4.78 is 9.25. The molecule has 7 heteroatoms. The number of aryl methyl sites for hydroxylation is 2. The molecule has 0 amide bonds. The normalized spacial score (nSPS) is 14.5. The molecule has 4 heterocycles. The van der Waals surface area contributed by atoms with Gasteiger partial charge in [0.05, 0.1) is 6.07 Å². The maximum atomic E-state index is 9.41. The van der Waals surface area contributed by atoms with Crippen LogP contribution in [0.25, 0.3) is 21.1 Å². The number of nitriles is 1. The van der Waals surface area contributed by atoms with Gasteiger partial charge in [0.1, 0.15) is 17.7 Å². The van der Waals surface area contributed by atoms with Crippen LogP contribution in [-0.2, 0) is 12.8 Å². The van der Waals surface area contributed by atoms with Crippen LogP contribution < -0.4 is 9.06 Å². The van der Waals surface area contributed by atoms with Crippen LogP contribution in [-0.4, -0.2) is 0 Å². The van der Waals surface area contributed by atoms with Crippen molar-refractivity contribution in [3.8, 4) is 6.07 Å². The number of thiophene rings is 4. The van der Waals surface area contributed by atoms with Crippen molar-refractivity contribution in [2.75, 3.05) is 0 Å². The standard InChI is InChI=1S/C30H27N3S4/c1-6-8-10-20-16-26(19(3)18-31)36-28(20)24-14-12-22(34-24)23-13-15-25(35-23)29-21(11-9-7-2)17-27(37-29)30(32-4)33-5/h12-17H,6-11H2,1-3H3/b23-22+,26-19-,28-24+,29-25+. The lowest BCUT2D eigenvalue weighted by molar-refractivity contribution is 0.795. The van der Waals surface area contributed by atoms with Crippen molar-refractivity contribution in [1.82, 2.24) is 0 Å². The van der Waals surface area contributed by atoms with Crippen LogP contribution in [0.15, 0.2) is 36.4 Å². The third-order valence-corrected chi connectivity index (χ3v) is 11.3. The fourth-order valence-electron chi connectivity index (χ4n) is 4.05. The molecule has 0 saturated heterocycles. The largest absolute Gasteiger partial charge is 0.536 e. The van der Waals surface area contributed by atoms with Crippen LogP contribution in [0.5, 0.6) is 0 Å². The Morgan fingerprint density at radius 3 is 1.68 bits per heavy atom. The van der Waals surface area contributed by atoms with Crippen molar-refractivity contribution >= 4 is 56.7 Å². The molecule has 0 saturated carbocycles. The van der Waals surface area contributed by atoms with E-state index in [1.54, 1.807) is 34.0 Å². The second kappa shape index (κ2) is 12.5. The predicted molar refractivity (Wildman–Crippen MR) is 158 cm³/mol. The zero-order valence-electron chi connectivity index (χ0n) is 21.2. The molecule has 37 heavy (non-hydrogen) atoms. The van der Waals surface area contributed by atoms with Crippen LogP contribution in [0.2, 0.25) is 0 Å². The lowest BCUT2D eigenvalue weighted by Crippen LogP contribution is -1.94. The van der Waals surface area contributed by atoms with E-state index in [-0.39, 0.29) is 5.82 Å². The third kappa shape index (κ3) is 5.96. The molecule has 0 aliphatic carbocycles. The number of rotatable bonds is 6. The van der Waals surface area contributed by atoms with E-state index in [2.05, 4.69) is 66.0 Å². The summed E-state index contributed by atoms with van der Waals surface area (Å²) in [6.45, 7) is 21.0. The minimum atomic E-state index is 0.159.